The molecule has 0 aliphatic rings. The van der Waals surface area contributed by atoms with Gasteiger partial charge in [0.2, 0.25) is 11.8 Å². The molecule has 0 radical (unpaired) electrons. The predicted octanol–water partition coefficient (Wildman–Crippen LogP) is 4.25. The molecule has 0 heterocycles. The van der Waals surface area contributed by atoms with Gasteiger partial charge < -0.3 is 10.6 Å². The third kappa shape index (κ3) is 6.70. The van der Waals surface area contributed by atoms with Gasteiger partial charge in [-0.2, -0.15) is 0 Å². The van der Waals surface area contributed by atoms with E-state index in [1.165, 1.54) is 0 Å². The van der Waals surface area contributed by atoms with Gasteiger partial charge in [-0.05, 0) is 56.1 Å². The Balaban J connectivity index is 1.94. The van der Waals surface area contributed by atoms with Crippen LogP contribution in [0.5, 0.6) is 0 Å². The maximum absolute atomic E-state index is 12.4. The molecule has 0 spiro atoms. The van der Waals surface area contributed by atoms with Gasteiger partial charge >= 0.3 is 0 Å². The van der Waals surface area contributed by atoms with E-state index in [0.29, 0.717) is 17.3 Å². The molecular weight excluding hydrogens is 362 g/mol. The van der Waals surface area contributed by atoms with Crippen molar-refractivity contribution in [2.45, 2.75) is 27.2 Å². The monoisotopic (exact) mass is 387 g/mol. The Morgan fingerprint density at radius 3 is 2.19 bits per heavy atom. The van der Waals surface area contributed by atoms with Gasteiger partial charge in [0, 0.05) is 5.69 Å². The van der Waals surface area contributed by atoms with Crippen LogP contribution in [0.2, 0.25) is 5.02 Å². The van der Waals surface area contributed by atoms with E-state index >= 15 is 0 Å². The second-order valence-corrected chi connectivity index (χ2v) is 7.01. The highest BCUT2D eigenvalue weighted by Gasteiger charge is 2.15. The summed E-state index contributed by atoms with van der Waals surface area (Å²) in [6.07, 6.45) is 0.843. The van der Waals surface area contributed by atoms with E-state index < -0.39 is 0 Å². The van der Waals surface area contributed by atoms with Crippen LogP contribution in [-0.2, 0) is 9.59 Å². The van der Waals surface area contributed by atoms with Crippen LogP contribution < -0.4 is 10.6 Å². The summed E-state index contributed by atoms with van der Waals surface area (Å²) in [6.45, 7) is 6.82. The highest BCUT2D eigenvalue weighted by atomic mass is 35.5. The number of hydrogen-bond donors (Lipinski definition) is 2. The highest BCUT2D eigenvalue weighted by Crippen LogP contribution is 2.22. The molecule has 0 saturated heterocycles. The zero-order chi connectivity index (χ0) is 19.8. The van der Waals surface area contributed by atoms with Crippen molar-refractivity contribution in [1.82, 2.24) is 4.90 Å². The molecular formula is C21H26ClN3O2. The standard InChI is InChI=1S/C21H26ClN3O2/c1-4-11-25(13-20(26)23-18-8-6-5-7-16(18)3)14-21(27)24-19-10-9-15(2)12-17(19)22/h5-10,12H,4,11,13-14H2,1-3H3,(H,23,26)(H,24,27). The van der Waals surface area contributed by atoms with Gasteiger partial charge in [-0.1, -0.05) is 42.8 Å². The molecule has 144 valence electrons. The van der Waals surface area contributed by atoms with Crippen molar-refractivity contribution in [1.29, 1.82) is 0 Å². The number of carbonyl (C=O) groups is 2. The average Bonchev–Trinajstić information content (AvgIpc) is 2.59. The van der Waals surface area contributed by atoms with Crippen LogP contribution in [0.1, 0.15) is 24.5 Å². The summed E-state index contributed by atoms with van der Waals surface area (Å²) in [5, 5.41) is 6.22. The zero-order valence-electron chi connectivity index (χ0n) is 16.0. The number of nitrogens with one attached hydrogen (secondary N) is 2. The first kappa shape index (κ1) is 20.9. The molecule has 6 heteroatoms. The van der Waals surface area contributed by atoms with Crippen molar-refractivity contribution < 1.29 is 9.59 Å². The Kier molecular flexibility index (Phi) is 7.82. The molecule has 0 aliphatic heterocycles. The van der Waals surface area contributed by atoms with Gasteiger partial charge in [0.05, 0.1) is 23.8 Å². The molecule has 2 rings (SSSR count). The molecule has 0 saturated carbocycles. The van der Waals surface area contributed by atoms with Gasteiger partial charge in [-0.3, -0.25) is 14.5 Å². The third-order valence-corrected chi connectivity index (χ3v) is 4.40. The van der Waals surface area contributed by atoms with E-state index in [1.807, 2.05) is 56.0 Å². The first-order valence-electron chi connectivity index (χ1n) is 9.03. The molecule has 0 atom stereocenters. The van der Waals surface area contributed by atoms with Crippen molar-refractivity contribution in [3.05, 3.63) is 58.6 Å². The number of aryl methyl sites for hydroxylation is 2. The predicted molar refractivity (Wildman–Crippen MR) is 111 cm³/mol. The molecule has 0 bridgehead atoms. The van der Waals surface area contributed by atoms with Gasteiger partial charge in [0.25, 0.3) is 0 Å². The Labute approximate surface area is 165 Å². The van der Waals surface area contributed by atoms with Gasteiger partial charge in [0.1, 0.15) is 0 Å². The van der Waals surface area contributed by atoms with E-state index in [9.17, 15) is 9.59 Å². The number of halogens is 1. The number of para-hydroxylation sites is 1. The lowest BCUT2D eigenvalue weighted by Gasteiger charge is -2.21. The molecule has 2 amide bonds. The van der Waals surface area contributed by atoms with Gasteiger partial charge in [-0.25, -0.2) is 0 Å². The molecule has 2 aromatic carbocycles. The van der Waals surface area contributed by atoms with Crippen LogP contribution in [0.4, 0.5) is 11.4 Å². The van der Waals surface area contributed by atoms with Crippen LogP contribution >= 0.6 is 11.6 Å². The quantitative estimate of drug-likeness (QED) is 0.711. The van der Waals surface area contributed by atoms with Crippen molar-refractivity contribution >= 4 is 34.8 Å². The minimum Gasteiger partial charge on any atom is -0.325 e. The number of carbonyl (C=O) groups excluding carboxylic acids is 2. The Hall–Kier alpha value is -2.37. The largest absolute Gasteiger partial charge is 0.325 e. The fourth-order valence-corrected chi connectivity index (χ4v) is 3.03. The van der Waals surface area contributed by atoms with E-state index in [2.05, 4.69) is 10.6 Å². The SMILES string of the molecule is CCCN(CC(=O)Nc1ccccc1C)CC(=O)Nc1ccc(C)cc1Cl. The molecule has 0 aromatic heterocycles. The second-order valence-electron chi connectivity index (χ2n) is 6.61. The Morgan fingerprint density at radius 2 is 1.59 bits per heavy atom. The minimum atomic E-state index is -0.196. The number of rotatable bonds is 8. The topological polar surface area (TPSA) is 61.4 Å². The fourth-order valence-electron chi connectivity index (χ4n) is 2.75. The summed E-state index contributed by atoms with van der Waals surface area (Å²) in [6, 6.07) is 13.1. The average molecular weight is 388 g/mol. The molecule has 27 heavy (non-hydrogen) atoms. The molecule has 5 nitrogen and oxygen atoms in total. The summed E-state index contributed by atoms with van der Waals surface area (Å²) in [7, 11) is 0. The van der Waals surface area contributed by atoms with Crippen molar-refractivity contribution in [3.63, 3.8) is 0 Å². The van der Waals surface area contributed by atoms with Crippen LogP contribution in [0.15, 0.2) is 42.5 Å². The summed E-state index contributed by atoms with van der Waals surface area (Å²) in [5.74, 6) is -0.336. The minimum absolute atomic E-state index is 0.124. The number of benzene rings is 2. The van der Waals surface area contributed by atoms with Crippen LogP contribution in [0.3, 0.4) is 0 Å². The first-order chi connectivity index (χ1) is 12.9. The van der Waals surface area contributed by atoms with Crippen molar-refractivity contribution in [3.8, 4) is 0 Å². The number of nitrogens with zero attached hydrogens (tertiary/aromatic N) is 1. The molecule has 0 unspecified atom stereocenters. The van der Waals surface area contributed by atoms with Crippen LogP contribution in [0, 0.1) is 13.8 Å². The smallest absolute Gasteiger partial charge is 0.238 e. The maximum Gasteiger partial charge on any atom is 0.238 e. The number of amides is 2. The summed E-state index contributed by atoms with van der Waals surface area (Å²) < 4.78 is 0. The molecule has 0 aliphatic carbocycles. The third-order valence-electron chi connectivity index (χ3n) is 4.09. The lowest BCUT2D eigenvalue weighted by atomic mass is 10.2. The van der Waals surface area contributed by atoms with E-state index in [0.717, 1.165) is 23.2 Å². The summed E-state index contributed by atoms with van der Waals surface area (Å²) >= 11 is 6.17. The number of anilines is 2. The lowest BCUT2D eigenvalue weighted by Crippen LogP contribution is -2.39. The zero-order valence-corrected chi connectivity index (χ0v) is 16.8. The maximum atomic E-state index is 12.4. The molecule has 0 fully saturated rings. The first-order valence-corrected chi connectivity index (χ1v) is 9.40. The Bertz CT molecular complexity index is 808. The van der Waals surface area contributed by atoms with Crippen LogP contribution in [0.25, 0.3) is 0 Å². The van der Waals surface area contributed by atoms with Gasteiger partial charge in [-0.15, -0.1) is 0 Å². The summed E-state index contributed by atoms with van der Waals surface area (Å²) in [4.78, 5) is 26.6. The fraction of sp³-hybridized carbons (Fsp3) is 0.333. The Morgan fingerprint density at radius 1 is 0.963 bits per heavy atom. The van der Waals surface area contributed by atoms with Crippen molar-refractivity contribution in [2.24, 2.45) is 0 Å². The van der Waals surface area contributed by atoms with Gasteiger partial charge in [0.15, 0.2) is 0 Å². The molecule has 2 aromatic rings. The van der Waals surface area contributed by atoms with E-state index in [4.69, 9.17) is 11.6 Å². The molecule has 2 N–H and O–H groups in total. The highest BCUT2D eigenvalue weighted by molar-refractivity contribution is 6.33. The lowest BCUT2D eigenvalue weighted by molar-refractivity contribution is -0.120. The second kappa shape index (κ2) is 10.1. The van der Waals surface area contributed by atoms with Crippen LogP contribution in [-0.4, -0.2) is 36.3 Å². The number of hydrogen-bond acceptors (Lipinski definition) is 3. The van der Waals surface area contributed by atoms with Crippen molar-refractivity contribution in [2.75, 3.05) is 30.3 Å². The summed E-state index contributed by atoms with van der Waals surface area (Å²) in [5.41, 5.74) is 3.39. The van der Waals surface area contributed by atoms with E-state index in [1.54, 1.807) is 12.1 Å². The van der Waals surface area contributed by atoms with E-state index in [-0.39, 0.29) is 24.9 Å². The normalized spacial score (nSPS) is 10.7.